The largest absolute Gasteiger partial charge is 0.379 e. The Labute approximate surface area is 163 Å². The predicted octanol–water partition coefficient (Wildman–Crippen LogP) is 2.51. The van der Waals surface area contributed by atoms with E-state index in [1.165, 1.54) is 9.88 Å². The van der Waals surface area contributed by atoms with Crippen LogP contribution < -0.4 is 10.6 Å². The lowest BCUT2D eigenvalue weighted by Gasteiger charge is -2.34. The summed E-state index contributed by atoms with van der Waals surface area (Å²) in [6, 6.07) is 4.67. The average molecular weight is 394 g/mol. The summed E-state index contributed by atoms with van der Waals surface area (Å²) in [7, 11) is 1.81. The second-order valence-corrected chi connectivity index (χ2v) is 7.99. The third-order valence-corrected chi connectivity index (χ3v) is 6.40. The van der Waals surface area contributed by atoms with Crippen molar-refractivity contribution in [3.63, 3.8) is 0 Å². The summed E-state index contributed by atoms with van der Waals surface area (Å²) in [5.74, 6) is 0.811. The Bertz CT molecular complexity index is 680. The first-order chi connectivity index (χ1) is 12.8. The molecule has 1 aliphatic rings. The van der Waals surface area contributed by atoms with E-state index in [1.807, 2.05) is 18.4 Å². The van der Waals surface area contributed by atoms with Gasteiger partial charge in [0.25, 0.3) is 0 Å². The van der Waals surface area contributed by atoms with Crippen molar-refractivity contribution < 1.29 is 4.74 Å². The maximum absolute atomic E-state index is 5.51. The van der Waals surface area contributed by atoms with Crippen LogP contribution in [0.25, 0.3) is 0 Å². The van der Waals surface area contributed by atoms with E-state index in [9.17, 15) is 0 Å². The van der Waals surface area contributed by atoms with E-state index in [-0.39, 0.29) is 0 Å². The average Bonchev–Trinajstić information content (AvgIpc) is 3.37. The van der Waals surface area contributed by atoms with Crippen molar-refractivity contribution in [1.82, 2.24) is 20.5 Å². The maximum atomic E-state index is 5.51. The van der Waals surface area contributed by atoms with Crippen molar-refractivity contribution in [3.8, 4) is 0 Å². The van der Waals surface area contributed by atoms with Gasteiger partial charge < -0.3 is 15.4 Å². The molecule has 1 atom stereocenters. The zero-order valence-electron chi connectivity index (χ0n) is 15.4. The molecular formula is C18H27N5OS2. The van der Waals surface area contributed by atoms with Gasteiger partial charge in [-0.2, -0.15) is 0 Å². The van der Waals surface area contributed by atoms with Crippen LogP contribution in [-0.2, 0) is 17.7 Å². The minimum atomic E-state index is 0.336. The first kappa shape index (κ1) is 19.3. The number of thiazole rings is 1. The third kappa shape index (κ3) is 5.26. The zero-order chi connectivity index (χ0) is 18.2. The Morgan fingerprint density at radius 3 is 2.85 bits per heavy atom. The fourth-order valence-electron chi connectivity index (χ4n) is 2.96. The van der Waals surface area contributed by atoms with Gasteiger partial charge in [0, 0.05) is 36.9 Å². The highest BCUT2D eigenvalue weighted by atomic mass is 32.1. The summed E-state index contributed by atoms with van der Waals surface area (Å²) < 4.78 is 5.51. The number of hydrogen-bond donors (Lipinski definition) is 2. The summed E-state index contributed by atoms with van der Waals surface area (Å²) in [6.45, 7) is 7.18. The van der Waals surface area contributed by atoms with Gasteiger partial charge in [-0.25, -0.2) is 4.98 Å². The number of aryl methyl sites for hydroxylation is 1. The van der Waals surface area contributed by atoms with Gasteiger partial charge >= 0.3 is 0 Å². The molecule has 2 N–H and O–H groups in total. The van der Waals surface area contributed by atoms with Crippen LogP contribution in [0.2, 0.25) is 0 Å². The number of thiophene rings is 1. The van der Waals surface area contributed by atoms with Crippen LogP contribution in [0.5, 0.6) is 0 Å². The highest BCUT2D eigenvalue weighted by molar-refractivity contribution is 7.10. The lowest BCUT2D eigenvalue weighted by molar-refractivity contribution is 0.0177. The van der Waals surface area contributed by atoms with Crippen molar-refractivity contribution in [3.05, 3.63) is 38.5 Å². The van der Waals surface area contributed by atoms with Crippen LogP contribution >= 0.6 is 22.7 Å². The second kappa shape index (κ2) is 10.0. The Morgan fingerprint density at radius 2 is 2.19 bits per heavy atom. The molecule has 2 aromatic rings. The van der Waals surface area contributed by atoms with E-state index >= 15 is 0 Å². The van der Waals surface area contributed by atoms with Crippen molar-refractivity contribution in [2.75, 3.05) is 39.9 Å². The summed E-state index contributed by atoms with van der Waals surface area (Å²) in [5.41, 5.74) is 1.07. The van der Waals surface area contributed by atoms with Crippen LogP contribution in [-0.4, -0.2) is 55.7 Å². The molecule has 0 aromatic carbocycles. The molecule has 2 aromatic heterocycles. The first-order valence-electron chi connectivity index (χ1n) is 9.03. The normalized spacial score (nSPS) is 17.2. The molecule has 1 aliphatic heterocycles. The van der Waals surface area contributed by atoms with Crippen LogP contribution in [0.4, 0.5) is 0 Å². The molecule has 1 fully saturated rings. The Balaban J connectivity index is 1.55. The number of hydrogen-bond acceptors (Lipinski definition) is 6. The van der Waals surface area contributed by atoms with Gasteiger partial charge in [-0.15, -0.1) is 22.7 Å². The Kier molecular flexibility index (Phi) is 7.43. The molecule has 0 aliphatic carbocycles. The fourth-order valence-corrected chi connectivity index (χ4v) is 4.57. The molecule has 0 saturated carbocycles. The molecule has 0 bridgehead atoms. The molecule has 3 rings (SSSR count). The Hall–Kier alpha value is -1.48. The summed E-state index contributed by atoms with van der Waals surface area (Å²) in [5, 5.41) is 12.3. The summed E-state index contributed by atoms with van der Waals surface area (Å²) in [4.78, 5) is 12.8. The molecule has 142 valence electrons. The van der Waals surface area contributed by atoms with Crippen LogP contribution in [0.1, 0.15) is 28.5 Å². The topological polar surface area (TPSA) is 61.8 Å². The number of rotatable bonds is 7. The SMILES string of the molecule is CCc1nc(CNC(=NC)NCC(c2cccs2)N2CCOCC2)cs1. The van der Waals surface area contributed by atoms with Crippen LogP contribution in [0, 0.1) is 0 Å². The standard InChI is InChI=1S/C18H27N5OS2/c1-3-17-22-14(13-26-17)11-20-18(19-2)21-12-15(16-5-4-10-25-16)23-6-8-24-9-7-23/h4-5,10,13,15H,3,6-9,11-12H2,1-2H3,(H2,19,20,21). The van der Waals surface area contributed by atoms with E-state index in [4.69, 9.17) is 4.74 Å². The molecule has 1 saturated heterocycles. The number of aromatic nitrogens is 1. The van der Waals surface area contributed by atoms with Crippen molar-refractivity contribution in [2.45, 2.75) is 25.9 Å². The van der Waals surface area contributed by atoms with Gasteiger partial charge in [0.15, 0.2) is 5.96 Å². The minimum Gasteiger partial charge on any atom is -0.379 e. The fraction of sp³-hybridized carbons (Fsp3) is 0.556. The van der Waals surface area contributed by atoms with Gasteiger partial charge in [0.1, 0.15) is 0 Å². The number of ether oxygens (including phenoxy) is 1. The predicted molar refractivity (Wildman–Crippen MR) is 109 cm³/mol. The first-order valence-corrected chi connectivity index (χ1v) is 10.8. The molecule has 6 nitrogen and oxygen atoms in total. The molecule has 26 heavy (non-hydrogen) atoms. The highest BCUT2D eigenvalue weighted by Gasteiger charge is 2.23. The van der Waals surface area contributed by atoms with Crippen LogP contribution in [0.3, 0.4) is 0 Å². The van der Waals surface area contributed by atoms with E-state index in [0.717, 1.165) is 50.9 Å². The number of nitrogens with one attached hydrogen (secondary N) is 2. The Morgan fingerprint density at radius 1 is 1.35 bits per heavy atom. The molecule has 0 spiro atoms. The maximum Gasteiger partial charge on any atom is 0.191 e. The second-order valence-electron chi connectivity index (χ2n) is 6.07. The number of nitrogens with zero attached hydrogens (tertiary/aromatic N) is 3. The number of aliphatic imine (C=N–C) groups is 1. The minimum absolute atomic E-state index is 0.336. The van der Waals surface area contributed by atoms with E-state index < -0.39 is 0 Å². The third-order valence-electron chi connectivity index (χ3n) is 4.38. The molecule has 3 heterocycles. The van der Waals surface area contributed by atoms with Gasteiger partial charge in [-0.1, -0.05) is 13.0 Å². The monoisotopic (exact) mass is 393 g/mol. The smallest absolute Gasteiger partial charge is 0.191 e. The molecule has 8 heteroatoms. The van der Waals surface area contributed by atoms with E-state index in [2.05, 4.69) is 55.3 Å². The van der Waals surface area contributed by atoms with Gasteiger partial charge in [-0.05, 0) is 17.9 Å². The van der Waals surface area contributed by atoms with E-state index in [1.54, 1.807) is 11.3 Å². The van der Waals surface area contributed by atoms with Crippen molar-refractivity contribution in [2.24, 2.45) is 4.99 Å². The molecular weight excluding hydrogens is 366 g/mol. The lowest BCUT2D eigenvalue weighted by atomic mass is 10.2. The van der Waals surface area contributed by atoms with Crippen molar-refractivity contribution in [1.29, 1.82) is 0 Å². The quantitative estimate of drug-likeness (QED) is 0.559. The lowest BCUT2D eigenvalue weighted by Crippen LogP contribution is -2.46. The highest BCUT2D eigenvalue weighted by Crippen LogP contribution is 2.25. The zero-order valence-corrected chi connectivity index (χ0v) is 17.0. The van der Waals surface area contributed by atoms with Gasteiger partial charge in [-0.3, -0.25) is 9.89 Å². The number of morpholine rings is 1. The summed E-state index contributed by atoms with van der Waals surface area (Å²) in [6.07, 6.45) is 0.986. The van der Waals surface area contributed by atoms with Crippen molar-refractivity contribution >= 4 is 28.6 Å². The van der Waals surface area contributed by atoms with E-state index in [0.29, 0.717) is 12.6 Å². The molecule has 0 amide bonds. The molecule has 0 radical (unpaired) electrons. The van der Waals surface area contributed by atoms with Gasteiger partial charge in [0.2, 0.25) is 0 Å². The number of guanidine groups is 1. The summed E-state index contributed by atoms with van der Waals surface area (Å²) >= 11 is 3.52. The van der Waals surface area contributed by atoms with Gasteiger partial charge in [0.05, 0.1) is 36.5 Å². The van der Waals surface area contributed by atoms with Crippen LogP contribution in [0.15, 0.2) is 27.9 Å². The molecule has 1 unspecified atom stereocenters.